The number of carbonyl (C=O) groups is 1. The number of allylic oxidation sites excluding steroid dienone is 1. The third kappa shape index (κ3) is 1.80. The predicted octanol–water partition coefficient (Wildman–Crippen LogP) is 1.25. The highest BCUT2D eigenvalue weighted by atomic mass is 35.5. The summed E-state index contributed by atoms with van der Waals surface area (Å²) < 4.78 is 0. The Morgan fingerprint density at radius 1 is 1.82 bits per heavy atom. The van der Waals surface area contributed by atoms with Crippen LogP contribution in [0.15, 0.2) is 16.2 Å². The molecular formula is C7H9ClN2O. The number of nitrogens with one attached hydrogen (secondary N) is 1. The summed E-state index contributed by atoms with van der Waals surface area (Å²) >= 11 is 5.61. The molecule has 0 fully saturated rings. The maximum atomic E-state index is 11.0. The van der Waals surface area contributed by atoms with Crippen LogP contribution < -0.4 is 5.43 Å². The average Bonchev–Trinajstić information content (AvgIpc) is 2.18. The van der Waals surface area contributed by atoms with E-state index in [0.717, 1.165) is 5.71 Å². The van der Waals surface area contributed by atoms with E-state index in [4.69, 9.17) is 11.6 Å². The monoisotopic (exact) mass is 172 g/mol. The summed E-state index contributed by atoms with van der Waals surface area (Å²) in [5.41, 5.74) is 3.13. The van der Waals surface area contributed by atoms with Gasteiger partial charge < -0.3 is 0 Å². The molecule has 1 aliphatic heterocycles. The maximum absolute atomic E-state index is 11.0. The first-order chi connectivity index (χ1) is 5.11. The smallest absolute Gasteiger partial charge is 0.252 e. The fourth-order valence-electron chi connectivity index (χ4n) is 0.898. The Balaban J connectivity index is 2.79. The summed E-state index contributed by atoms with van der Waals surface area (Å²) in [6.07, 6.45) is 1.68. The molecule has 3 nitrogen and oxygen atoms in total. The van der Waals surface area contributed by atoms with Crippen molar-refractivity contribution in [2.24, 2.45) is 11.0 Å². The van der Waals surface area contributed by atoms with E-state index < -0.39 is 0 Å². The van der Waals surface area contributed by atoms with Crippen molar-refractivity contribution in [3.63, 3.8) is 0 Å². The fraction of sp³-hybridized carbons (Fsp3) is 0.429. The molecule has 0 saturated heterocycles. The van der Waals surface area contributed by atoms with Crippen LogP contribution in [0.1, 0.15) is 13.8 Å². The third-order valence-corrected chi connectivity index (χ3v) is 1.60. The lowest BCUT2D eigenvalue weighted by atomic mass is 10.1. The minimum atomic E-state index is -0.271. The molecule has 0 radical (unpaired) electrons. The number of hydrogen-bond donors (Lipinski definition) is 1. The van der Waals surface area contributed by atoms with Crippen molar-refractivity contribution < 1.29 is 4.79 Å². The van der Waals surface area contributed by atoms with Crippen LogP contribution in [0.2, 0.25) is 0 Å². The van der Waals surface area contributed by atoms with Gasteiger partial charge >= 0.3 is 0 Å². The molecule has 0 aromatic carbocycles. The van der Waals surface area contributed by atoms with Gasteiger partial charge in [0.2, 0.25) is 0 Å². The number of amides is 1. The molecule has 0 aromatic heterocycles. The van der Waals surface area contributed by atoms with Crippen LogP contribution in [0.25, 0.3) is 0 Å². The largest absolute Gasteiger partial charge is 0.272 e. The van der Waals surface area contributed by atoms with E-state index in [1.54, 1.807) is 19.9 Å². The highest BCUT2D eigenvalue weighted by Gasteiger charge is 2.24. The summed E-state index contributed by atoms with van der Waals surface area (Å²) in [5.74, 6) is -0.380. The number of hydrazone groups is 1. The number of nitrogens with zero attached hydrogens (tertiary/aromatic N) is 1. The first-order valence-corrected chi connectivity index (χ1v) is 3.67. The number of rotatable bonds is 1. The SMILES string of the molecule is CC1=NNC(=O)C1/C=C(/C)Cl. The van der Waals surface area contributed by atoms with Crippen molar-refractivity contribution >= 4 is 23.2 Å². The van der Waals surface area contributed by atoms with Gasteiger partial charge in [-0.2, -0.15) is 5.10 Å². The van der Waals surface area contributed by atoms with Gasteiger partial charge in [0.05, 0.1) is 11.6 Å². The van der Waals surface area contributed by atoms with Crippen LogP contribution in [-0.4, -0.2) is 11.6 Å². The van der Waals surface area contributed by atoms with Gasteiger partial charge in [0.15, 0.2) is 0 Å². The predicted molar refractivity (Wildman–Crippen MR) is 44.4 cm³/mol. The summed E-state index contributed by atoms with van der Waals surface area (Å²) in [5, 5.41) is 4.38. The summed E-state index contributed by atoms with van der Waals surface area (Å²) in [7, 11) is 0. The van der Waals surface area contributed by atoms with Crippen molar-refractivity contribution in [1.29, 1.82) is 0 Å². The molecular weight excluding hydrogens is 164 g/mol. The molecule has 0 saturated carbocycles. The maximum Gasteiger partial charge on any atom is 0.252 e. The molecule has 0 bridgehead atoms. The standard InChI is InChI=1S/C7H9ClN2O/c1-4(8)3-6-5(2)9-10-7(6)11/h3,6H,1-2H3,(H,10,11)/b4-3-. The first kappa shape index (κ1) is 8.27. The van der Waals surface area contributed by atoms with Crippen molar-refractivity contribution in [3.8, 4) is 0 Å². The quantitative estimate of drug-likeness (QED) is 0.636. The fourth-order valence-corrected chi connectivity index (χ4v) is 1.02. The molecule has 1 unspecified atom stereocenters. The lowest BCUT2D eigenvalue weighted by molar-refractivity contribution is -0.121. The van der Waals surface area contributed by atoms with Crippen LogP contribution in [-0.2, 0) is 4.79 Å². The van der Waals surface area contributed by atoms with E-state index in [2.05, 4.69) is 10.5 Å². The second kappa shape index (κ2) is 3.05. The van der Waals surface area contributed by atoms with Crippen LogP contribution in [0, 0.1) is 5.92 Å². The zero-order valence-corrected chi connectivity index (χ0v) is 7.14. The van der Waals surface area contributed by atoms with E-state index in [0.29, 0.717) is 5.03 Å². The molecule has 1 aliphatic rings. The van der Waals surface area contributed by atoms with E-state index in [-0.39, 0.29) is 11.8 Å². The molecule has 4 heteroatoms. The lowest BCUT2D eigenvalue weighted by Crippen LogP contribution is -2.20. The van der Waals surface area contributed by atoms with Crippen molar-refractivity contribution in [1.82, 2.24) is 5.43 Å². The number of hydrogen-bond acceptors (Lipinski definition) is 2. The van der Waals surface area contributed by atoms with E-state index in [1.165, 1.54) is 0 Å². The lowest BCUT2D eigenvalue weighted by Gasteiger charge is -1.99. The molecule has 11 heavy (non-hydrogen) atoms. The topological polar surface area (TPSA) is 41.5 Å². The second-order valence-electron chi connectivity index (χ2n) is 2.46. The zero-order valence-electron chi connectivity index (χ0n) is 6.39. The minimum absolute atomic E-state index is 0.109. The summed E-state index contributed by atoms with van der Waals surface area (Å²) in [6.45, 7) is 3.53. The van der Waals surface area contributed by atoms with Gasteiger partial charge in [0.1, 0.15) is 0 Å². The summed E-state index contributed by atoms with van der Waals surface area (Å²) in [6, 6.07) is 0. The van der Waals surface area contributed by atoms with Crippen molar-refractivity contribution in [3.05, 3.63) is 11.1 Å². The normalized spacial score (nSPS) is 25.0. The Morgan fingerprint density at radius 3 is 2.82 bits per heavy atom. The number of carbonyl (C=O) groups excluding carboxylic acids is 1. The van der Waals surface area contributed by atoms with E-state index >= 15 is 0 Å². The molecule has 1 heterocycles. The van der Waals surface area contributed by atoms with Crippen molar-refractivity contribution in [2.45, 2.75) is 13.8 Å². The Bertz CT molecular complexity index is 241. The van der Waals surface area contributed by atoms with Gasteiger partial charge in [-0.25, -0.2) is 5.43 Å². The van der Waals surface area contributed by atoms with Crippen LogP contribution in [0.4, 0.5) is 0 Å². The molecule has 1 rings (SSSR count). The van der Waals surface area contributed by atoms with E-state index in [1.807, 2.05) is 0 Å². The van der Waals surface area contributed by atoms with Crippen LogP contribution in [0.3, 0.4) is 0 Å². The molecule has 0 spiro atoms. The highest BCUT2D eigenvalue weighted by Crippen LogP contribution is 2.12. The van der Waals surface area contributed by atoms with Gasteiger partial charge in [0.25, 0.3) is 5.91 Å². The number of halogens is 1. The Hall–Kier alpha value is -0.830. The van der Waals surface area contributed by atoms with Gasteiger partial charge in [-0.1, -0.05) is 17.7 Å². The average molecular weight is 173 g/mol. The van der Waals surface area contributed by atoms with Crippen molar-refractivity contribution in [2.75, 3.05) is 0 Å². The zero-order chi connectivity index (χ0) is 8.43. The Morgan fingerprint density at radius 2 is 2.45 bits per heavy atom. The summed E-state index contributed by atoms with van der Waals surface area (Å²) in [4.78, 5) is 11.0. The highest BCUT2D eigenvalue weighted by molar-refractivity contribution is 6.29. The Labute approximate surface area is 70.1 Å². The molecule has 1 atom stereocenters. The molecule has 1 amide bonds. The van der Waals surface area contributed by atoms with E-state index in [9.17, 15) is 4.79 Å². The molecule has 0 aromatic rings. The van der Waals surface area contributed by atoms with Gasteiger partial charge in [-0.3, -0.25) is 4.79 Å². The second-order valence-corrected chi connectivity index (χ2v) is 3.06. The third-order valence-electron chi connectivity index (χ3n) is 1.47. The first-order valence-electron chi connectivity index (χ1n) is 3.29. The van der Waals surface area contributed by atoms with Gasteiger partial charge in [-0.05, 0) is 13.8 Å². The van der Waals surface area contributed by atoms with Crippen LogP contribution >= 0.6 is 11.6 Å². The minimum Gasteiger partial charge on any atom is -0.272 e. The van der Waals surface area contributed by atoms with Gasteiger partial charge in [0, 0.05) is 5.03 Å². The molecule has 60 valence electrons. The Kier molecular flexibility index (Phi) is 2.29. The molecule has 1 N–H and O–H groups in total. The van der Waals surface area contributed by atoms with Crippen LogP contribution in [0.5, 0.6) is 0 Å². The molecule has 0 aliphatic carbocycles. The van der Waals surface area contributed by atoms with Gasteiger partial charge in [-0.15, -0.1) is 0 Å².